The number of nitrogens with one attached hydrogen (secondary N) is 2. The van der Waals surface area contributed by atoms with Crippen molar-refractivity contribution in [3.63, 3.8) is 0 Å². The van der Waals surface area contributed by atoms with E-state index in [1.807, 2.05) is 13.8 Å². The van der Waals surface area contributed by atoms with Gasteiger partial charge in [-0.1, -0.05) is 27.2 Å². The highest BCUT2D eigenvalue weighted by Crippen LogP contribution is 2.36. The number of hydrogen-bond acceptors (Lipinski definition) is 5. The van der Waals surface area contributed by atoms with Gasteiger partial charge in [0.2, 0.25) is 5.91 Å². The van der Waals surface area contributed by atoms with Crippen LogP contribution in [-0.4, -0.2) is 54.0 Å². The first-order chi connectivity index (χ1) is 12.2. The van der Waals surface area contributed by atoms with Gasteiger partial charge in [0.15, 0.2) is 0 Å². The fourth-order valence-corrected chi connectivity index (χ4v) is 3.57. The minimum absolute atomic E-state index is 0.124. The maximum atomic E-state index is 12.8. The maximum Gasteiger partial charge on any atom is 0.328 e. The predicted molar refractivity (Wildman–Crippen MR) is 94.0 cm³/mol. The van der Waals surface area contributed by atoms with Gasteiger partial charge in [-0.15, -0.1) is 0 Å². The van der Waals surface area contributed by atoms with Crippen LogP contribution in [-0.2, 0) is 19.1 Å². The van der Waals surface area contributed by atoms with E-state index in [1.165, 1.54) is 7.11 Å². The van der Waals surface area contributed by atoms with Crippen LogP contribution in [0.5, 0.6) is 0 Å². The second-order valence-corrected chi connectivity index (χ2v) is 7.54. The SMILES string of the molecule is CC[C@H](C)[C@H](NC(=O)CN1C(=O)NC2(CCC(C)CC2)C1=O)C(=O)OC. The molecule has 0 aromatic carbocycles. The Morgan fingerprint density at radius 1 is 1.35 bits per heavy atom. The summed E-state index contributed by atoms with van der Waals surface area (Å²) in [6, 6.07) is -1.35. The van der Waals surface area contributed by atoms with Gasteiger partial charge >= 0.3 is 12.0 Å². The molecule has 4 amide bonds. The van der Waals surface area contributed by atoms with E-state index < -0.39 is 36.0 Å². The summed E-state index contributed by atoms with van der Waals surface area (Å²) in [4.78, 5) is 50.3. The second-order valence-electron chi connectivity index (χ2n) is 7.54. The van der Waals surface area contributed by atoms with E-state index in [-0.39, 0.29) is 11.8 Å². The van der Waals surface area contributed by atoms with Crippen molar-refractivity contribution in [2.45, 2.75) is 64.5 Å². The zero-order chi connectivity index (χ0) is 19.5. The van der Waals surface area contributed by atoms with Crippen LogP contribution in [0.1, 0.15) is 52.9 Å². The standard InChI is InChI=1S/C18H29N3O5/c1-5-12(3)14(15(23)26-4)19-13(22)10-21-16(24)18(20-17(21)25)8-6-11(2)7-9-18/h11-12,14H,5-10H2,1-4H3,(H,19,22)(H,20,25)/t11?,12-,14-,18?/m0/s1. The second kappa shape index (κ2) is 8.05. The summed E-state index contributed by atoms with van der Waals surface area (Å²) in [6.45, 7) is 5.46. The number of esters is 1. The minimum Gasteiger partial charge on any atom is -0.467 e. The Morgan fingerprint density at radius 3 is 2.50 bits per heavy atom. The molecule has 1 aliphatic heterocycles. The predicted octanol–water partition coefficient (Wildman–Crippen LogP) is 1.19. The van der Waals surface area contributed by atoms with E-state index >= 15 is 0 Å². The van der Waals surface area contributed by atoms with Gasteiger partial charge in [-0.25, -0.2) is 9.59 Å². The molecule has 1 heterocycles. The van der Waals surface area contributed by atoms with E-state index in [2.05, 4.69) is 17.6 Å². The third-order valence-electron chi connectivity index (χ3n) is 5.66. The van der Waals surface area contributed by atoms with Crippen molar-refractivity contribution in [1.82, 2.24) is 15.5 Å². The summed E-state index contributed by atoms with van der Waals surface area (Å²) in [5.41, 5.74) is -0.873. The molecule has 2 aliphatic rings. The third-order valence-corrected chi connectivity index (χ3v) is 5.66. The van der Waals surface area contributed by atoms with Gasteiger partial charge < -0.3 is 15.4 Å². The van der Waals surface area contributed by atoms with E-state index in [4.69, 9.17) is 4.74 Å². The lowest BCUT2D eigenvalue weighted by molar-refractivity contribution is -0.146. The van der Waals surface area contributed by atoms with Gasteiger partial charge in [0.1, 0.15) is 18.1 Å². The van der Waals surface area contributed by atoms with Crippen LogP contribution in [0.3, 0.4) is 0 Å². The molecule has 146 valence electrons. The van der Waals surface area contributed by atoms with Crippen LogP contribution in [0, 0.1) is 11.8 Å². The molecule has 2 fully saturated rings. The monoisotopic (exact) mass is 367 g/mol. The zero-order valence-electron chi connectivity index (χ0n) is 16.0. The molecule has 0 bridgehead atoms. The normalized spacial score (nSPS) is 27.8. The summed E-state index contributed by atoms with van der Waals surface area (Å²) in [5, 5.41) is 5.38. The first-order valence-electron chi connectivity index (χ1n) is 9.25. The van der Waals surface area contributed by atoms with Crippen molar-refractivity contribution in [2.75, 3.05) is 13.7 Å². The molecule has 0 aromatic heterocycles. The fraction of sp³-hybridized carbons (Fsp3) is 0.778. The summed E-state index contributed by atoms with van der Waals surface area (Å²) in [7, 11) is 1.26. The number of imide groups is 1. The Kier molecular flexibility index (Phi) is 6.26. The van der Waals surface area contributed by atoms with E-state index in [1.54, 1.807) is 0 Å². The Hall–Kier alpha value is -2.12. The highest BCUT2D eigenvalue weighted by Gasteiger charge is 2.52. The number of methoxy groups -OCH3 is 1. The largest absolute Gasteiger partial charge is 0.467 e. The topological polar surface area (TPSA) is 105 Å². The van der Waals surface area contributed by atoms with E-state index in [9.17, 15) is 19.2 Å². The van der Waals surface area contributed by atoms with Crippen molar-refractivity contribution in [3.8, 4) is 0 Å². The van der Waals surface area contributed by atoms with Crippen molar-refractivity contribution in [2.24, 2.45) is 11.8 Å². The molecule has 2 rings (SSSR count). The average Bonchev–Trinajstić information content (AvgIpc) is 2.85. The molecule has 8 heteroatoms. The van der Waals surface area contributed by atoms with Crippen LogP contribution < -0.4 is 10.6 Å². The molecular weight excluding hydrogens is 338 g/mol. The molecular formula is C18H29N3O5. The van der Waals surface area contributed by atoms with Crippen LogP contribution >= 0.6 is 0 Å². The number of ether oxygens (including phenoxy) is 1. The first-order valence-corrected chi connectivity index (χ1v) is 9.25. The molecule has 1 spiro atoms. The van der Waals surface area contributed by atoms with Crippen molar-refractivity contribution < 1.29 is 23.9 Å². The van der Waals surface area contributed by atoms with E-state index in [0.717, 1.165) is 17.7 Å². The summed E-state index contributed by atoms with van der Waals surface area (Å²) < 4.78 is 4.74. The number of rotatable bonds is 6. The lowest BCUT2D eigenvalue weighted by Crippen LogP contribution is -2.51. The van der Waals surface area contributed by atoms with Crippen molar-refractivity contribution >= 4 is 23.8 Å². The number of carbonyl (C=O) groups is 4. The molecule has 0 aromatic rings. The highest BCUT2D eigenvalue weighted by molar-refractivity contribution is 6.09. The molecule has 26 heavy (non-hydrogen) atoms. The number of amides is 4. The Bertz CT molecular complexity index is 583. The minimum atomic E-state index is -0.873. The zero-order valence-corrected chi connectivity index (χ0v) is 16.0. The van der Waals surface area contributed by atoms with Gasteiger partial charge in [-0.05, 0) is 37.5 Å². The number of carbonyl (C=O) groups excluding carboxylic acids is 4. The number of nitrogens with zero attached hydrogens (tertiary/aromatic N) is 1. The van der Waals surface area contributed by atoms with Gasteiger partial charge in [0.25, 0.3) is 5.91 Å². The third kappa shape index (κ3) is 3.99. The molecule has 1 aliphatic carbocycles. The van der Waals surface area contributed by atoms with Crippen LogP contribution in [0.25, 0.3) is 0 Å². The first kappa shape index (κ1) is 20.2. The highest BCUT2D eigenvalue weighted by atomic mass is 16.5. The molecule has 2 atom stereocenters. The number of urea groups is 1. The maximum absolute atomic E-state index is 12.8. The molecule has 1 saturated carbocycles. The van der Waals surface area contributed by atoms with Crippen LogP contribution in [0.15, 0.2) is 0 Å². The van der Waals surface area contributed by atoms with Crippen molar-refractivity contribution in [3.05, 3.63) is 0 Å². The average molecular weight is 367 g/mol. The summed E-state index contributed by atoms with van der Waals surface area (Å²) >= 11 is 0. The lowest BCUT2D eigenvalue weighted by Gasteiger charge is -2.33. The molecule has 0 unspecified atom stereocenters. The quantitative estimate of drug-likeness (QED) is 0.542. The van der Waals surface area contributed by atoms with Crippen LogP contribution in [0.4, 0.5) is 4.79 Å². The van der Waals surface area contributed by atoms with Crippen molar-refractivity contribution in [1.29, 1.82) is 0 Å². The van der Waals surface area contributed by atoms with Crippen LogP contribution in [0.2, 0.25) is 0 Å². The van der Waals surface area contributed by atoms with Gasteiger partial charge in [-0.2, -0.15) is 0 Å². The Balaban J connectivity index is 2.03. The molecule has 1 saturated heterocycles. The molecule has 2 N–H and O–H groups in total. The summed E-state index contributed by atoms with van der Waals surface area (Å²) in [5.74, 6) is -1.03. The fourth-order valence-electron chi connectivity index (χ4n) is 3.57. The Labute approximate surface area is 154 Å². The van der Waals surface area contributed by atoms with E-state index in [0.29, 0.717) is 25.2 Å². The van der Waals surface area contributed by atoms with Gasteiger partial charge in [-0.3, -0.25) is 14.5 Å². The summed E-state index contributed by atoms with van der Waals surface area (Å²) in [6.07, 6.45) is 3.59. The number of hydrogen-bond donors (Lipinski definition) is 2. The lowest BCUT2D eigenvalue weighted by atomic mass is 9.77. The van der Waals surface area contributed by atoms with Gasteiger partial charge in [0.05, 0.1) is 7.11 Å². The Morgan fingerprint density at radius 2 is 1.96 bits per heavy atom. The molecule has 8 nitrogen and oxygen atoms in total. The molecule has 0 radical (unpaired) electrons. The van der Waals surface area contributed by atoms with Gasteiger partial charge in [0, 0.05) is 0 Å². The smallest absolute Gasteiger partial charge is 0.328 e.